The molecule has 1 saturated heterocycles. The molecule has 3 aliphatic rings. The highest BCUT2D eigenvalue weighted by Crippen LogP contribution is 2.44. The van der Waals surface area contributed by atoms with Crippen molar-refractivity contribution in [3.8, 4) is 0 Å². The van der Waals surface area contributed by atoms with Gasteiger partial charge >= 0.3 is 0 Å². The van der Waals surface area contributed by atoms with Crippen LogP contribution in [0.1, 0.15) is 42.7 Å². The number of hydrogen-bond acceptors (Lipinski definition) is 3. The maximum Gasteiger partial charge on any atom is 0.224 e. The molecule has 1 amide bonds. The lowest BCUT2D eigenvalue weighted by Crippen LogP contribution is -2.53. The molecule has 1 saturated carbocycles. The molecule has 1 aromatic heterocycles. The summed E-state index contributed by atoms with van der Waals surface area (Å²) in [4.78, 5) is 18.7. The third kappa shape index (κ3) is 2.48. The molecule has 0 radical (unpaired) electrons. The maximum atomic E-state index is 12.9. The number of aromatic nitrogens is 1. The van der Waals surface area contributed by atoms with Crippen molar-refractivity contribution in [2.75, 3.05) is 13.6 Å². The van der Waals surface area contributed by atoms with Gasteiger partial charge in [0, 0.05) is 35.6 Å². The van der Waals surface area contributed by atoms with Crippen molar-refractivity contribution < 1.29 is 9.90 Å². The van der Waals surface area contributed by atoms with Crippen LogP contribution in [-0.4, -0.2) is 52.7 Å². The molecule has 2 aromatic rings. The van der Waals surface area contributed by atoms with Gasteiger partial charge in [-0.1, -0.05) is 12.1 Å². The lowest BCUT2D eigenvalue weighted by Gasteiger charge is -2.45. The number of likely N-dealkylation sites (tertiary alicyclic amines) is 1. The summed E-state index contributed by atoms with van der Waals surface area (Å²) in [5.74, 6) is 0.503. The van der Waals surface area contributed by atoms with Crippen molar-refractivity contribution >= 4 is 16.8 Å². The molecule has 5 rings (SSSR count). The summed E-state index contributed by atoms with van der Waals surface area (Å²) in [5.41, 5.74) is 4.00. The molecule has 5 heteroatoms. The van der Waals surface area contributed by atoms with Gasteiger partial charge in [0.25, 0.3) is 0 Å². The minimum atomic E-state index is -0.376. The molecule has 26 heavy (non-hydrogen) atoms. The monoisotopic (exact) mass is 353 g/mol. The standard InChI is InChI=1S/C21H27N3O2/c1-24-11-13(21(26)23-16-5-3-7-19(16)25)8-15-14-4-2-6-17-20(14)12(10-22-17)9-18(15)24/h2,4,6,10,13,15-16,18-19,22,25H,3,5,7-9,11H2,1H3,(H,23,26)/t13-,15-,16-,18-,19+/m1/s1. The van der Waals surface area contributed by atoms with Crippen LogP contribution < -0.4 is 5.32 Å². The summed E-state index contributed by atoms with van der Waals surface area (Å²) < 4.78 is 0. The molecule has 1 aromatic carbocycles. The van der Waals surface area contributed by atoms with E-state index in [9.17, 15) is 9.90 Å². The van der Waals surface area contributed by atoms with E-state index in [1.807, 2.05) is 0 Å². The number of carbonyl (C=O) groups is 1. The summed E-state index contributed by atoms with van der Waals surface area (Å²) in [5, 5.41) is 14.5. The second-order valence-electron chi connectivity index (χ2n) is 8.45. The number of aliphatic hydroxyl groups is 1. The fraction of sp³-hybridized carbons (Fsp3) is 0.571. The molecule has 2 aliphatic carbocycles. The lowest BCUT2D eigenvalue weighted by atomic mass is 9.72. The van der Waals surface area contributed by atoms with Crippen molar-refractivity contribution in [2.45, 2.75) is 56.2 Å². The van der Waals surface area contributed by atoms with Gasteiger partial charge in [-0.25, -0.2) is 0 Å². The fourth-order valence-corrected chi connectivity index (χ4v) is 5.54. The van der Waals surface area contributed by atoms with Gasteiger partial charge in [0.2, 0.25) is 5.91 Å². The van der Waals surface area contributed by atoms with Crippen LogP contribution >= 0.6 is 0 Å². The van der Waals surface area contributed by atoms with Gasteiger partial charge < -0.3 is 20.3 Å². The molecule has 0 spiro atoms. The molecule has 2 heterocycles. The first-order chi connectivity index (χ1) is 12.6. The molecular formula is C21H27N3O2. The van der Waals surface area contributed by atoms with E-state index in [1.165, 1.54) is 22.0 Å². The molecule has 138 valence electrons. The zero-order chi connectivity index (χ0) is 17.8. The van der Waals surface area contributed by atoms with E-state index in [0.717, 1.165) is 38.6 Å². The number of aromatic amines is 1. The van der Waals surface area contributed by atoms with E-state index >= 15 is 0 Å². The smallest absolute Gasteiger partial charge is 0.224 e. The minimum absolute atomic E-state index is 0.00945. The van der Waals surface area contributed by atoms with E-state index in [4.69, 9.17) is 0 Å². The predicted octanol–water partition coefficient (Wildman–Crippen LogP) is 2.16. The van der Waals surface area contributed by atoms with E-state index in [2.05, 4.69) is 46.6 Å². The highest BCUT2D eigenvalue weighted by Gasteiger charge is 2.42. The molecule has 3 N–H and O–H groups in total. The normalized spacial score (nSPS) is 34.0. The van der Waals surface area contributed by atoms with Gasteiger partial charge in [-0.3, -0.25) is 4.79 Å². The van der Waals surface area contributed by atoms with E-state index in [1.54, 1.807) is 0 Å². The largest absolute Gasteiger partial charge is 0.391 e. The minimum Gasteiger partial charge on any atom is -0.391 e. The zero-order valence-corrected chi connectivity index (χ0v) is 15.2. The summed E-state index contributed by atoms with van der Waals surface area (Å²) >= 11 is 0. The number of benzene rings is 1. The molecule has 2 fully saturated rings. The summed E-state index contributed by atoms with van der Waals surface area (Å²) in [6.45, 7) is 0.797. The van der Waals surface area contributed by atoms with Crippen molar-refractivity contribution in [2.24, 2.45) is 5.92 Å². The van der Waals surface area contributed by atoms with Crippen LogP contribution in [0.5, 0.6) is 0 Å². The molecule has 0 unspecified atom stereocenters. The Morgan fingerprint density at radius 1 is 1.35 bits per heavy atom. The van der Waals surface area contributed by atoms with Gasteiger partial charge in [-0.2, -0.15) is 0 Å². The Hall–Kier alpha value is -1.85. The van der Waals surface area contributed by atoms with Crippen LogP contribution in [0.15, 0.2) is 24.4 Å². The number of aliphatic hydroxyl groups excluding tert-OH is 1. The molecule has 5 nitrogen and oxygen atoms in total. The molecular weight excluding hydrogens is 326 g/mol. The van der Waals surface area contributed by atoms with E-state index in [-0.39, 0.29) is 24.0 Å². The molecule has 0 bridgehead atoms. The van der Waals surface area contributed by atoms with Gasteiger partial charge in [0.05, 0.1) is 18.1 Å². The van der Waals surface area contributed by atoms with Crippen LogP contribution in [0.2, 0.25) is 0 Å². The van der Waals surface area contributed by atoms with Crippen LogP contribution in [0.3, 0.4) is 0 Å². The van der Waals surface area contributed by atoms with Crippen molar-refractivity contribution in [1.29, 1.82) is 0 Å². The fourth-order valence-electron chi connectivity index (χ4n) is 5.54. The number of nitrogens with one attached hydrogen (secondary N) is 2. The molecule has 1 aliphatic heterocycles. The quantitative estimate of drug-likeness (QED) is 0.775. The first-order valence-electron chi connectivity index (χ1n) is 9.89. The number of fused-ring (bicyclic) bond motifs is 2. The number of amides is 1. The summed E-state index contributed by atoms with van der Waals surface area (Å²) in [6, 6.07) is 6.91. The average Bonchev–Trinajstić information content (AvgIpc) is 3.23. The van der Waals surface area contributed by atoms with Crippen LogP contribution in [-0.2, 0) is 11.2 Å². The van der Waals surface area contributed by atoms with Gasteiger partial charge in [0.15, 0.2) is 0 Å². The summed E-state index contributed by atoms with van der Waals surface area (Å²) in [7, 11) is 2.15. The van der Waals surface area contributed by atoms with Crippen molar-refractivity contribution in [1.82, 2.24) is 15.2 Å². The number of rotatable bonds is 2. The van der Waals surface area contributed by atoms with Crippen LogP contribution in [0.25, 0.3) is 10.9 Å². The van der Waals surface area contributed by atoms with Gasteiger partial charge in [-0.15, -0.1) is 0 Å². The van der Waals surface area contributed by atoms with E-state index < -0.39 is 0 Å². The third-order valence-corrected chi connectivity index (χ3v) is 6.90. The second-order valence-corrected chi connectivity index (χ2v) is 8.45. The van der Waals surface area contributed by atoms with Crippen molar-refractivity contribution in [3.63, 3.8) is 0 Å². The highest BCUT2D eigenvalue weighted by atomic mass is 16.3. The Labute approximate surface area is 153 Å². The third-order valence-electron chi connectivity index (χ3n) is 6.90. The topological polar surface area (TPSA) is 68.4 Å². The van der Waals surface area contributed by atoms with Crippen LogP contribution in [0.4, 0.5) is 0 Å². The van der Waals surface area contributed by atoms with Crippen molar-refractivity contribution in [3.05, 3.63) is 35.5 Å². The number of carbonyl (C=O) groups excluding carboxylic acids is 1. The number of nitrogens with zero attached hydrogens (tertiary/aromatic N) is 1. The van der Waals surface area contributed by atoms with Gasteiger partial charge in [-0.05, 0) is 56.3 Å². The number of hydrogen-bond donors (Lipinski definition) is 3. The average molecular weight is 353 g/mol. The van der Waals surface area contributed by atoms with E-state index in [0.29, 0.717) is 12.0 Å². The number of likely N-dealkylation sites (N-methyl/N-ethyl adjacent to an activating group) is 1. The first-order valence-corrected chi connectivity index (χ1v) is 9.89. The maximum absolute atomic E-state index is 12.9. The predicted molar refractivity (Wildman–Crippen MR) is 101 cm³/mol. The lowest BCUT2D eigenvalue weighted by molar-refractivity contribution is -0.128. The summed E-state index contributed by atoms with van der Waals surface area (Å²) in [6.07, 6.45) is 6.42. The number of piperidine rings is 1. The Morgan fingerprint density at radius 3 is 3.04 bits per heavy atom. The Kier molecular flexibility index (Phi) is 3.83. The number of H-pyrrole nitrogens is 1. The zero-order valence-electron chi connectivity index (χ0n) is 15.2. The Balaban J connectivity index is 1.41. The Bertz CT molecular complexity index is 845. The SMILES string of the molecule is CN1C[C@H](C(=O)N[C@@H]2CCC[C@@H]2O)C[C@@H]2c3cccc4[nH]cc(c34)C[C@H]21. The van der Waals surface area contributed by atoms with Gasteiger partial charge in [0.1, 0.15) is 0 Å². The highest BCUT2D eigenvalue weighted by molar-refractivity contribution is 5.88. The second kappa shape index (κ2) is 6.10. The Morgan fingerprint density at radius 2 is 2.23 bits per heavy atom. The van der Waals surface area contributed by atoms with Crippen LogP contribution in [0, 0.1) is 5.92 Å². The molecule has 5 atom stereocenters. The first kappa shape index (κ1) is 16.3.